The summed E-state index contributed by atoms with van der Waals surface area (Å²) in [6, 6.07) is 18.8. The van der Waals surface area contributed by atoms with E-state index in [2.05, 4.69) is 4.98 Å². The van der Waals surface area contributed by atoms with Crippen LogP contribution < -0.4 is 4.74 Å². The van der Waals surface area contributed by atoms with Gasteiger partial charge < -0.3 is 14.5 Å². The van der Waals surface area contributed by atoms with Crippen LogP contribution in [0.25, 0.3) is 0 Å². The second-order valence-corrected chi connectivity index (χ2v) is 7.53. The minimum Gasteiger partial charge on any atom is -0.497 e. The molecule has 5 rings (SSSR count). The van der Waals surface area contributed by atoms with E-state index >= 15 is 0 Å². The van der Waals surface area contributed by atoms with Gasteiger partial charge in [0, 0.05) is 37.5 Å². The van der Waals surface area contributed by atoms with Crippen LogP contribution in [0.4, 0.5) is 0 Å². The summed E-state index contributed by atoms with van der Waals surface area (Å²) in [5.41, 5.74) is 2.17. The molecule has 6 nitrogen and oxygen atoms in total. The summed E-state index contributed by atoms with van der Waals surface area (Å²) in [6.07, 6.45) is 3.76. The lowest BCUT2D eigenvalue weighted by Crippen LogP contribution is -2.58. The van der Waals surface area contributed by atoms with Crippen molar-refractivity contribution in [2.45, 2.75) is 12.1 Å². The summed E-state index contributed by atoms with van der Waals surface area (Å²) >= 11 is 0. The van der Waals surface area contributed by atoms with E-state index in [1.165, 1.54) is 0 Å². The van der Waals surface area contributed by atoms with E-state index in [0.717, 1.165) is 16.9 Å². The standard InChI is InChI=1S/C24H21N3O3/c1-30-20-10-8-19(9-11-20)24-15-17-5-2-3-7-21(17)23(29)27(24)14-13-26(24)22(28)18-6-4-12-25-16-18/h2-12,16H,13-15H2,1H3. The van der Waals surface area contributed by atoms with Crippen molar-refractivity contribution in [3.63, 3.8) is 0 Å². The summed E-state index contributed by atoms with van der Waals surface area (Å²) in [7, 11) is 1.62. The van der Waals surface area contributed by atoms with Crippen molar-refractivity contribution in [1.82, 2.24) is 14.8 Å². The molecule has 0 spiro atoms. The Kier molecular flexibility index (Phi) is 4.28. The molecule has 1 atom stereocenters. The van der Waals surface area contributed by atoms with Gasteiger partial charge in [0.25, 0.3) is 11.8 Å². The minimum absolute atomic E-state index is 0.0471. The van der Waals surface area contributed by atoms with Crippen LogP contribution in [0.5, 0.6) is 5.75 Å². The number of aromatic nitrogens is 1. The van der Waals surface area contributed by atoms with Gasteiger partial charge in [0.2, 0.25) is 0 Å². The number of benzene rings is 2. The van der Waals surface area contributed by atoms with Crippen molar-refractivity contribution in [2.24, 2.45) is 0 Å². The fourth-order valence-electron chi connectivity index (χ4n) is 4.66. The zero-order valence-corrected chi connectivity index (χ0v) is 16.6. The molecule has 2 aliphatic rings. The Bertz CT molecular complexity index is 1110. The summed E-state index contributed by atoms with van der Waals surface area (Å²) in [4.78, 5) is 34.8. The van der Waals surface area contributed by atoms with Crippen molar-refractivity contribution in [3.05, 3.63) is 95.3 Å². The number of rotatable bonds is 3. The molecule has 3 heterocycles. The molecule has 6 heteroatoms. The van der Waals surface area contributed by atoms with Gasteiger partial charge >= 0.3 is 0 Å². The fraction of sp³-hybridized carbons (Fsp3) is 0.208. The summed E-state index contributed by atoms with van der Waals surface area (Å²) in [5, 5.41) is 0. The van der Waals surface area contributed by atoms with E-state index < -0.39 is 5.66 Å². The molecule has 1 unspecified atom stereocenters. The van der Waals surface area contributed by atoms with Gasteiger partial charge in [-0.25, -0.2) is 0 Å². The second-order valence-electron chi connectivity index (χ2n) is 7.53. The van der Waals surface area contributed by atoms with Crippen molar-refractivity contribution in [1.29, 1.82) is 0 Å². The first-order valence-corrected chi connectivity index (χ1v) is 9.91. The van der Waals surface area contributed by atoms with Gasteiger partial charge in [-0.2, -0.15) is 0 Å². The van der Waals surface area contributed by atoms with E-state index in [1.807, 2.05) is 58.3 Å². The highest BCUT2D eigenvalue weighted by Crippen LogP contribution is 2.45. The average Bonchev–Trinajstić information content (AvgIpc) is 3.20. The summed E-state index contributed by atoms with van der Waals surface area (Å²) in [5.74, 6) is 0.551. The molecule has 3 aromatic rings. The SMILES string of the molecule is COc1ccc(C23Cc4ccccc4C(=O)N2CCN3C(=O)c2cccnc2)cc1. The molecule has 0 radical (unpaired) electrons. The molecule has 1 saturated heterocycles. The maximum atomic E-state index is 13.5. The van der Waals surface area contributed by atoms with Crippen LogP contribution in [-0.2, 0) is 12.1 Å². The molecule has 0 aliphatic carbocycles. The van der Waals surface area contributed by atoms with Crippen LogP contribution in [0.1, 0.15) is 31.8 Å². The highest BCUT2D eigenvalue weighted by Gasteiger charge is 2.55. The predicted octanol–water partition coefficient (Wildman–Crippen LogP) is 3.10. The third kappa shape index (κ3) is 2.60. The highest BCUT2D eigenvalue weighted by atomic mass is 16.5. The van der Waals surface area contributed by atoms with E-state index in [4.69, 9.17) is 4.74 Å². The average molecular weight is 399 g/mol. The zero-order valence-electron chi connectivity index (χ0n) is 16.6. The van der Waals surface area contributed by atoms with E-state index in [-0.39, 0.29) is 11.8 Å². The number of amides is 2. The first kappa shape index (κ1) is 18.4. The number of hydrogen-bond acceptors (Lipinski definition) is 4. The number of methoxy groups -OCH3 is 1. The molecular formula is C24H21N3O3. The third-order valence-corrected chi connectivity index (χ3v) is 6.08. The van der Waals surface area contributed by atoms with Crippen molar-refractivity contribution >= 4 is 11.8 Å². The highest BCUT2D eigenvalue weighted by molar-refractivity contribution is 6.00. The van der Waals surface area contributed by atoms with Crippen molar-refractivity contribution in [3.8, 4) is 5.75 Å². The lowest BCUT2D eigenvalue weighted by Gasteiger charge is -2.47. The molecule has 150 valence electrons. The molecule has 2 amide bonds. The Balaban J connectivity index is 1.69. The zero-order chi connectivity index (χ0) is 20.7. The predicted molar refractivity (Wildman–Crippen MR) is 111 cm³/mol. The van der Waals surface area contributed by atoms with Crippen molar-refractivity contribution in [2.75, 3.05) is 20.2 Å². The number of carbonyl (C=O) groups excluding carboxylic acids is 2. The molecule has 1 aromatic heterocycles. The largest absolute Gasteiger partial charge is 0.497 e. The lowest BCUT2D eigenvalue weighted by atomic mass is 9.83. The molecular weight excluding hydrogens is 378 g/mol. The van der Waals surface area contributed by atoms with Crippen molar-refractivity contribution < 1.29 is 14.3 Å². The maximum absolute atomic E-state index is 13.5. The molecule has 30 heavy (non-hydrogen) atoms. The van der Waals surface area contributed by atoms with Gasteiger partial charge in [-0.1, -0.05) is 30.3 Å². The molecule has 1 fully saturated rings. The number of hydrogen-bond donors (Lipinski definition) is 0. The Hall–Kier alpha value is -3.67. The Morgan fingerprint density at radius 1 is 1.03 bits per heavy atom. The number of pyridine rings is 1. The topological polar surface area (TPSA) is 62.7 Å². The van der Waals surface area contributed by atoms with Crippen LogP contribution in [-0.4, -0.2) is 46.8 Å². The first-order valence-electron chi connectivity index (χ1n) is 9.91. The van der Waals surface area contributed by atoms with Gasteiger partial charge in [0.1, 0.15) is 11.4 Å². The number of carbonyl (C=O) groups is 2. The Labute approximate surface area is 174 Å². The van der Waals surface area contributed by atoms with Crippen LogP contribution in [0, 0.1) is 0 Å². The number of fused-ring (bicyclic) bond motifs is 2. The normalized spacial score (nSPS) is 20.0. The van der Waals surface area contributed by atoms with Crippen LogP contribution in [0.2, 0.25) is 0 Å². The summed E-state index contributed by atoms with van der Waals surface area (Å²) in [6.45, 7) is 0.935. The first-order chi connectivity index (χ1) is 14.6. The van der Waals surface area contributed by atoms with Crippen LogP contribution in [0.3, 0.4) is 0 Å². The van der Waals surface area contributed by atoms with E-state index in [1.54, 1.807) is 31.6 Å². The molecule has 0 bridgehead atoms. The Morgan fingerprint density at radius 3 is 2.57 bits per heavy atom. The second kappa shape index (κ2) is 6.99. The lowest BCUT2D eigenvalue weighted by molar-refractivity contribution is 0.00770. The molecule has 2 aliphatic heterocycles. The van der Waals surface area contributed by atoms with E-state index in [9.17, 15) is 9.59 Å². The fourth-order valence-corrected chi connectivity index (χ4v) is 4.66. The van der Waals surface area contributed by atoms with Gasteiger partial charge in [0.05, 0.1) is 12.7 Å². The van der Waals surface area contributed by atoms with E-state index in [0.29, 0.717) is 30.6 Å². The van der Waals surface area contributed by atoms with Gasteiger partial charge in [0.15, 0.2) is 0 Å². The van der Waals surface area contributed by atoms with Gasteiger partial charge in [-0.05, 0) is 41.5 Å². The summed E-state index contributed by atoms with van der Waals surface area (Å²) < 4.78 is 5.32. The van der Waals surface area contributed by atoms with Gasteiger partial charge in [-0.15, -0.1) is 0 Å². The molecule has 2 aromatic carbocycles. The number of nitrogens with zero attached hydrogens (tertiary/aromatic N) is 3. The molecule has 0 N–H and O–H groups in total. The number of ether oxygens (including phenoxy) is 1. The van der Waals surface area contributed by atoms with Crippen LogP contribution in [0.15, 0.2) is 73.1 Å². The van der Waals surface area contributed by atoms with Crippen LogP contribution >= 0.6 is 0 Å². The smallest absolute Gasteiger partial charge is 0.257 e. The maximum Gasteiger partial charge on any atom is 0.257 e. The monoisotopic (exact) mass is 399 g/mol. The molecule has 0 saturated carbocycles. The quantitative estimate of drug-likeness (QED) is 0.679. The minimum atomic E-state index is -0.884. The third-order valence-electron chi connectivity index (χ3n) is 6.08. The van der Waals surface area contributed by atoms with Gasteiger partial charge in [-0.3, -0.25) is 14.6 Å². The Morgan fingerprint density at radius 2 is 1.83 bits per heavy atom.